The number of hydrogen-bond donors (Lipinski definition) is 0. The first-order chi connectivity index (χ1) is 13.6. The van der Waals surface area contributed by atoms with Crippen LogP contribution in [-0.2, 0) is 13.1 Å². The molecule has 0 N–H and O–H groups in total. The molecule has 5 nitrogen and oxygen atoms in total. The minimum atomic E-state index is -0.0906. The summed E-state index contributed by atoms with van der Waals surface area (Å²) in [6.45, 7) is 5.33. The summed E-state index contributed by atoms with van der Waals surface area (Å²) < 4.78 is 9.48. The van der Waals surface area contributed by atoms with Gasteiger partial charge in [-0.1, -0.05) is 44.0 Å². The number of benzene rings is 1. The Hall–Kier alpha value is -2.47. The largest absolute Gasteiger partial charge is 1.00 e. The minimum Gasteiger partial charge on any atom is -1.00 e. The molecule has 3 aromatic rings. The van der Waals surface area contributed by atoms with Gasteiger partial charge in [0.05, 0.1) is 12.8 Å². The molecule has 0 radical (unpaired) electrons. The van der Waals surface area contributed by atoms with Gasteiger partial charge in [-0.05, 0) is 25.0 Å². The Morgan fingerprint density at radius 2 is 1.69 bits per heavy atom. The summed E-state index contributed by atoms with van der Waals surface area (Å²) in [5, 5.41) is 0. The smallest absolute Gasteiger partial charge is 0.254 e. The number of rotatable bonds is 7. The number of furan rings is 1. The molecule has 0 fully saturated rings. The molecule has 0 saturated carbocycles. The lowest BCUT2D eigenvalue weighted by atomic mass is 9.90. The fourth-order valence-corrected chi connectivity index (χ4v) is 4.04. The molecule has 0 spiro atoms. The Morgan fingerprint density at radius 1 is 0.966 bits per heavy atom. The molecule has 6 heteroatoms. The highest BCUT2D eigenvalue weighted by Crippen LogP contribution is 2.27. The van der Waals surface area contributed by atoms with E-state index in [0.717, 1.165) is 37.4 Å². The van der Waals surface area contributed by atoms with Gasteiger partial charge >= 0.3 is 0 Å². The molecule has 1 aliphatic carbocycles. The molecule has 29 heavy (non-hydrogen) atoms. The van der Waals surface area contributed by atoms with E-state index in [9.17, 15) is 9.59 Å². The number of fused-ring (bicyclic) bond motifs is 2. The van der Waals surface area contributed by atoms with Crippen LogP contribution in [0.25, 0.3) is 0 Å². The second kappa shape index (κ2) is 8.91. The Morgan fingerprint density at radius 3 is 2.34 bits per heavy atom. The predicted octanol–water partition coefficient (Wildman–Crippen LogP) is 1.09. The molecule has 0 atom stereocenters. The second-order valence-corrected chi connectivity index (χ2v) is 7.33. The molecule has 1 aromatic carbocycles. The average Bonchev–Trinajstić information content (AvgIpc) is 3.31. The highest BCUT2D eigenvalue weighted by molar-refractivity contribution is 6.26. The molecule has 0 saturated heterocycles. The van der Waals surface area contributed by atoms with Gasteiger partial charge in [-0.25, -0.2) is 9.13 Å². The summed E-state index contributed by atoms with van der Waals surface area (Å²) in [6.07, 6.45) is 6.05. The van der Waals surface area contributed by atoms with Crippen LogP contribution in [0, 0.1) is 6.92 Å². The van der Waals surface area contributed by atoms with E-state index in [1.54, 1.807) is 24.5 Å². The lowest BCUT2D eigenvalue weighted by Gasteiger charge is -2.12. The summed E-state index contributed by atoms with van der Waals surface area (Å²) >= 11 is 0. The van der Waals surface area contributed by atoms with Crippen molar-refractivity contribution in [3.63, 3.8) is 0 Å². The Balaban J connectivity index is 0.00000240. The van der Waals surface area contributed by atoms with Crippen LogP contribution in [-0.4, -0.2) is 16.1 Å². The Labute approximate surface area is 181 Å². The first kappa shape index (κ1) is 21.2. The van der Waals surface area contributed by atoms with Crippen molar-refractivity contribution in [2.75, 3.05) is 0 Å². The number of nitrogens with zero attached hydrogens (tertiary/aromatic N) is 2. The number of imidazole rings is 1. The summed E-state index contributed by atoms with van der Waals surface area (Å²) in [4.78, 5) is 26.6. The van der Waals surface area contributed by atoms with E-state index in [1.807, 2.05) is 34.3 Å². The van der Waals surface area contributed by atoms with E-state index < -0.39 is 0 Å². The number of carbonyl (C=O) groups excluding carboxylic acids is 2. The maximum Gasteiger partial charge on any atom is 0.254 e. The van der Waals surface area contributed by atoms with E-state index in [4.69, 9.17) is 4.42 Å². The Kier molecular flexibility index (Phi) is 6.52. The lowest BCUT2D eigenvalue weighted by Crippen LogP contribution is -3.00. The standard InChI is InChI=1S/C23H25N2O3.BrH/c1-3-4-5-8-13-24-16(2)25(15-17-10-9-14-28-17)21-20(24)22(26)18-11-6-7-12-19(18)23(21)27;/h6-7,9-12,14H,3-5,8,13,15H2,1-2H3;1H/q+1;/p-1. The van der Waals surface area contributed by atoms with E-state index in [-0.39, 0.29) is 28.5 Å². The molecule has 152 valence electrons. The van der Waals surface area contributed by atoms with E-state index in [0.29, 0.717) is 29.1 Å². The number of ketones is 2. The molecule has 0 aliphatic heterocycles. The van der Waals surface area contributed by atoms with Crippen LogP contribution >= 0.6 is 0 Å². The molecule has 0 unspecified atom stereocenters. The van der Waals surface area contributed by atoms with E-state index >= 15 is 0 Å². The molecule has 0 bridgehead atoms. The highest BCUT2D eigenvalue weighted by atomic mass is 79.9. The van der Waals surface area contributed by atoms with Crippen LogP contribution in [0.15, 0.2) is 47.1 Å². The van der Waals surface area contributed by atoms with Crippen LogP contribution < -0.4 is 21.5 Å². The van der Waals surface area contributed by atoms with Crippen LogP contribution in [0.2, 0.25) is 0 Å². The van der Waals surface area contributed by atoms with Crippen LogP contribution in [0.3, 0.4) is 0 Å². The van der Waals surface area contributed by atoms with Gasteiger partial charge in [-0.2, -0.15) is 0 Å². The van der Waals surface area contributed by atoms with Gasteiger partial charge < -0.3 is 21.4 Å². The van der Waals surface area contributed by atoms with Crippen molar-refractivity contribution >= 4 is 11.6 Å². The summed E-state index contributed by atoms with van der Waals surface area (Å²) in [5.41, 5.74) is 1.98. The zero-order valence-corrected chi connectivity index (χ0v) is 18.4. The van der Waals surface area contributed by atoms with Gasteiger partial charge in [-0.3, -0.25) is 9.59 Å². The van der Waals surface area contributed by atoms with Crippen molar-refractivity contribution in [2.24, 2.45) is 0 Å². The Bertz CT molecular complexity index is 1030. The maximum atomic E-state index is 13.3. The van der Waals surface area contributed by atoms with Crippen molar-refractivity contribution in [3.05, 3.63) is 76.8 Å². The predicted molar refractivity (Wildman–Crippen MR) is 105 cm³/mol. The van der Waals surface area contributed by atoms with Gasteiger partial charge in [-0.15, -0.1) is 0 Å². The monoisotopic (exact) mass is 456 g/mol. The van der Waals surface area contributed by atoms with Crippen molar-refractivity contribution in [1.29, 1.82) is 0 Å². The molecular weight excluding hydrogens is 432 g/mol. The van der Waals surface area contributed by atoms with E-state index in [1.165, 1.54) is 6.42 Å². The fraction of sp³-hybridized carbons (Fsp3) is 0.348. The number of halogens is 1. The number of carbonyl (C=O) groups is 2. The van der Waals surface area contributed by atoms with Gasteiger partial charge in [0.1, 0.15) is 12.3 Å². The molecular formula is C23H25BrN2O3. The highest BCUT2D eigenvalue weighted by Gasteiger charge is 2.42. The lowest BCUT2D eigenvalue weighted by molar-refractivity contribution is -0.697. The first-order valence-electron chi connectivity index (χ1n) is 9.97. The topological polar surface area (TPSA) is 56.1 Å². The van der Waals surface area contributed by atoms with Crippen molar-refractivity contribution in [3.8, 4) is 0 Å². The third-order valence-electron chi connectivity index (χ3n) is 5.52. The van der Waals surface area contributed by atoms with Crippen LogP contribution in [0.4, 0.5) is 0 Å². The number of aromatic nitrogens is 2. The number of hydrogen-bond acceptors (Lipinski definition) is 3. The molecule has 2 aromatic heterocycles. The fourth-order valence-electron chi connectivity index (χ4n) is 4.04. The average molecular weight is 457 g/mol. The summed E-state index contributed by atoms with van der Waals surface area (Å²) in [7, 11) is 0. The maximum absolute atomic E-state index is 13.3. The normalized spacial score (nSPS) is 12.5. The van der Waals surface area contributed by atoms with E-state index in [2.05, 4.69) is 6.92 Å². The summed E-state index contributed by atoms with van der Waals surface area (Å²) in [5.74, 6) is 1.51. The molecule has 4 rings (SSSR count). The van der Waals surface area contributed by atoms with Crippen LogP contribution in [0.1, 0.15) is 76.3 Å². The quantitative estimate of drug-likeness (QED) is 0.309. The molecule has 1 aliphatic rings. The van der Waals surface area contributed by atoms with Crippen molar-refractivity contribution in [2.45, 2.75) is 52.6 Å². The third kappa shape index (κ3) is 3.73. The zero-order valence-electron chi connectivity index (χ0n) is 16.8. The second-order valence-electron chi connectivity index (χ2n) is 7.33. The van der Waals surface area contributed by atoms with Crippen LogP contribution in [0.5, 0.6) is 0 Å². The van der Waals surface area contributed by atoms with Crippen molar-refractivity contribution in [1.82, 2.24) is 4.57 Å². The van der Waals surface area contributed by atoms with Gasteiger partial charge in [0, 0.05) is 18.1 Å². The first-order valence-corrected chi connectivity index (χ1v) is 9.97. The zero-order chi connectivity index (χ0) is 19.7. The number of unbranched alkanes of at least 4 members (excludes halogenated alkanes) is 3. The van der Waals surface area contributed by atoms with Gasteiger partial charge in [0.2, 0.25) is 23.0 Å². The molecule has 2 heterocycles. The minimum absolute atomic E-state index is 0. The molecule has 0 amide bonds. The van der Waals surface area contributed by atoms with Crippen molar-refractivity contribution < 1.29 is 35.6 Å². The van der Waals surface area contributed by atoms with Gasteiger partial charge in [0.25, 0.3) is 5.82 Å². The summed E-state index contributed by atoms with van der Waals surface area (Å²) in [6, 6.07) is 10.8. The third-order valence-corrected chi connectivity index (χ3v) is 5.52. The SMILES string of the molecule is CCCCCCn1c2c([n+](Cc3ccco3)c1C)C(=O)c1ccccc1C2=O.[Br-]. The van der Waals surface area contributed by atoms with Gasteiger partial charge in [0.15, 0.2) is 0 Å².